The molecule has 0 saturated carbocycles. The number of halogens is 1. The fourth-order valence-corrected chi connectivity index (χ4v) is 3.96. The van der Waals surface area contributed by atoms with Crippen LogP contribution < -0.4 is 16.2 Å². The summed E-state index contributed by atoms with van der Waals surface area (Å²) >= 11 is 0. The van der Waals surface area contributed by atoms with Crippen molar-refractivity contribution in [1.82, 2.24) is 15.0 Å². The molecule has 0 atom stereocenters. The summed E-state index contributed by atoms with van der Waals surface area (Å²) in [5, 5.41) is 0. The Bertz CT molecular complexity index is 810. The van der Waals surface area contributed by atoms with Gasteiger partial charge in [-0.15, -0.1) is 0 Å². The van der Waals surface area contributed by atoms with E-state index in [0.717, 1.165) is 50.0 Å². The summed E-state index contributed by atoms with van der Waals surface area (Å²) in [7, 11) is 0. The van der Waals surface area contributed by atoms with E-state index in [1.54, 1.807) is 12.3 Å². The molecule has 1 aliphatic carbocycles. The van der Waals surface area contributed by atoms with Crippen molar-refractivity contribution >= 4 is 11.6 Å². The van der Waals surface area contributed by atoms with Crippen molar-refractivity contribution in [3.8, 4) is 0 Å². The Morgan fingerprint density at radius 1 is 1.30 bits per heavy atom. The molecule has 0 amide bonds. The van der Waals surface area contributed by atoms with E-state index in [2.05, 4.69) is 15.0 Å². The normalized spacial score (nSPS) is 19.1. The molecule has 2 aromatic heterocycles. The number of pyridine rings is 1. The molecule has 3 heterocycles. The van der Waals surface area contributed by atoms with Crippen LogP contribution in [0.3, 0.4) is 0 Å². The zero-order valence-electron chi connectivity index (χ0n) is 12.7. The largest absolute Gasteiger partial charge is 0.369 e. The van der Waals surface area contributed by atoms with Gasteiger partial charge >= 0.3 is 0 Å². The second-order valence-corrected chi connectivity index (χ2v) is 6.37. The van der Waals surface area contributed by atoms with Gasteiger partial charge in [0.25, 0.3) is 5.56 Å². The van der Waals surface area contributed by atoms with Crippen LogP contribution in [0.2, 0.25) is 0 Å². The van der Waals surface area contributed by atoms with Crippen LogP contribution in [0.25, 0.3) is 0 Å². The van der Waals surface area contributed by atoms with E-state index in [1.807, 2.05) is 4.90 Å². The molecule has 0 aromatic carbocycles. The van der Waals surface area contributed by atoms with Crippen LogP contribution in [0, 0.1) is 5.82 Å². The number of anilines is 2. The molecular weight excluding hydrogens is 297 g/mol. The molecule has 0 unspecified atom stereocenters. The zero-order chi connectivity index (χ0) is 16.0. The van der Waals surface area contributed by atoms with Crippen molar-refractivity contribution < 1.29 is 4.39 Å². The van der Waals surface area contributed by atoms with Gasteiger partial charge in [-0.1, -0.05) is 0 Å². The Hall–Kier alpha value is -2.44. The molecular formula is C16H18FN5O. The van der Waals surface area contributed by atoms with Crippen LogP contribution in [-0.4, -0.2) is 28.0 Å². The average molecular weight is 315 g/mol. The van der Waals surface area contributed by atoms with Crippen molar-refractivity contribution in [2.75, 3.05) is 23.7 Å². The van der Waals surface area contributed by atoms with Gasteiger partial charge in [0.1, 0.15) is 0 Å². The molecule has 120 valence electrons. The standard InChI is InChI=1S/C16H18FN5O/c17-11-9-19-6-2-12(11)22-7-4-16(5-8-22)3-1-10-13(16)20-15(18)21-14(10)23/h2,6,9H,1,3-5,7-8H2,(H3,18,20,21,23). The first-order valence-electron chi connectivity index (χ1n) is 7.83. The highest BCUT2D eigenvalue weighted by molar-refractivity contribution is 5.48. The van der Waals surface area contributed by atoms with E-state index >= 15 is 0 Å². The summed E-state index contributed by atoms with van der Waals surface area (Å²) in [6, 6.07) is 1.71. The summed E-state index contributed by atoms with van der Waals surface area (Å²) in [6.07, 6.45) is 6.19. The lowest BCUT2D eigenvalue weighted by Gasteiger charge is -2.40. The van der Waals surface area contributed by atoms with E-state index in [9.17, 15) is 9.18 Å². The number of nitrogens with one attached hydrogen (secondary N) is 1. The van der Waals surface area contributed by atoms with E-state index in [0.29, 0.717) is 5.69 Å². The molecule has 0 radical (unpaired) electrons. The number of H-pyrrole nitrogens is 1. The van der Waals surface area contributed by atoms with Crippen LogP contribution in [0.15, 0.2) is 23.3 Å². The predicted molar refractivity (Wildman–Crippen MR) is 84.9 cm³/mol. The molecule has 7 heteroatoms. The Morgan fingerprint density at radius 3 is 2.83 bits per heavy atom. The number of fused-ring (bicyclic) bond motifs is 2. The zero-order valence-corrected chi connectivity index (χ0v) is 12.7. The lowest BCUT2D eigenvalue weighted by atomic mass is 9.76. The number of aromatic amines is 1. The molecule has 6 nitrogen and oxygen atoms in total. The molecule has 1 spiro atoms. The van der Waals surface area contributed by atoms with Gasteiger partial charge in [0.15, 0.2) is 5.82 Å². The molecule has 1 saturated heterocycles. The SMILES string of the molecule is Nc1nc2c(c(=O)[nH]1)CCC21CCN(c2ccncc2F)CC1. The van der Waals surface area contributed by atoms with Crippen LogP contribution in [-0.2, 0) is 11.8 Å². The summed E-state index contributed by atoms with van der Waals surface area (Å²) in [5.74, 6) is -0.119. The van der Waals surface area contributed by atoms with Gasteiger partial charge in [-0.05, 0) is 31.7 Å². The molecule has 23 heavy (non-hydrogen) atoms. The van der Waals surface area contributed by atoms with Crippen LogP contribution in [0.1, 0.15) is 30.5 Å². The maximum absolute atomic E-state index is 13.9. The van der Waals surface area contributed by atoms with Crippen LogP contribution >= 0.6 is 0 Å². The molecule has 4 rings (SSSR count). The molecule has 2 aliphatic rings. The number of nitrogens with two attached hydrogens (primary N) is 1. The first-order valence-corrected chi connectivity index (χ1v) is 7.83. The van der Waals surface area contributed by atoms with Gasteiger partial charge in [-0.25, -0.2) is 9.37 Å². The van der Waals surface area contributed by atoms with E-state index in [-0.39, 0.29) is 22.7 Å². The van der Waals surface area contributed by atoms with Crippen molar-refractivity contribution in [2.24, 2.45) is 0 Å². The minimum absolute atomic E-state index is 0.0995. The van der Waals surface area contributed by atoms with Crippen molar-refractivity contribution in [1.29, 1.82) is 0 Å². The highest BCUT2D eigenvalue weighted by Crippen LogP contribution is 2.45. The first kappa shape index (κ1) is 14.2. The first-order chi connectivity index (χ1) is 11.1. The third kappa shape index (κ3) is 2.18. The molecule has 1 fully saturated rings. The van der Waals surface area contributed by atoms with Gasteiger partial charge in [-0.3, -0.25) is 14.8 Å². The fourth-order valence-electron chi connectivity index (χ4n) is 3.96. The van der Waals surface area contributed by atoms with Gasteiger partial charge in [0.2, 0.25) is 5.95 Å². The lowest BCUT2D eigenvalue weighted by molar-refractivity contribution is 0.322. The highest BCUT2D eigenvalue weighted by Gasteiger charge is 2.44. The van der Waals surface area contributed by atoms with E-state index in [1.165, 1.54) is 6.20 Å². The lowest BCUT2D eigenvalue weighted by Crippen LogP contribution is -2.42. The van der Waals surface area contributed by atoms with Crippen molar-refractivity contribution in [3.05, 3.63) is 45.9 Å². The van der Waals surface area contributed by atoms with Gasteiger partial charge in [0, 0.05) is 30.3 Å². The quantitative estimate of drug-likeness (QED) is 0.830. The highest BCUT2D eigenvalue weighted by atomic mass is 19.1. The maximum Gasteiger partial charge on any atom is 0.255 e. The van der Waals surface area contributed by atoms with E-state index < -0.39 is 0 Å². The Kier molecular flexibility index (Phi) is 3.11. The monoisotopic (exact) mass is 315 g/mol. The van der Waals surface area contributed by atoms with Gasteiger partial charge in [0.05, 0.1) is 17.6 Å². The Balaban J connectivity index is 1.62. The number of aromatic nitrogens is 3. The molecule has 2 aromatic rings. The second-order valence-electron chi connectivity index (χ2n) is 6.37. The average Bonchev–Trinajstić information content (AvgIpc) is 2.88. The number of piperidine rings is 1. The van der Waals surface area contributed by atoms with Crippen molar-refractivity contribution in [3.63, 3.8) is 0 Å². The molecule has 1 aliphatic heterocycles. The fraction of sp³-hybridized carbons (Fsp3) is 0.438. The number of nitrogens with zero attached hydrogens (tertiary/aromatic N) is 3. The Labute approximate surface area is 132 Å². The smallest absolute Gasteiger partial charge is 0.255 e. The summed E-state index contributed by atoms with van der Waals surface area (Å²) in [4.78, 5) is 24.9. The minimum Gasteiger partial charge on any atom is -0.369 e. The summed E-state index contributed by atoms with van der Waals surface area (Å²) in [5.41, 5.74) is 7.72. The van der Waals surface area contributed by atoms with E-state index in [4.69, 9.17) is 5.73 Å². The van der Waals surface area contributed by atoms with Gasteiger partial charge < -0.3 is 10.6 Å². The Morgan fingerprint density at radius 2 is 2.09 bits per heavy atom. The third-order valence-electron chi connectivity index (χ3n) is 5.20. The third-order valence-corrected chi connectivity index (χ3v) is 5.20. The van der Waals surface area contributed by atoms with Crippen molar-refractivity contribution in [2.45, 2.75) is 31.1 Å². The second kappa shape index (κ2) is 5.04. The number of hydrogen-bond acceptors (Lipinski definition) is 5. The maximum atomic E-state index is 13.9. The molecule has 3 N–H and O–H groups in total. The van der Waals surface area contributed by atoms with Gasteiger partial charge in [-0.2, -0.15) is 0 Å². The van der Waals surface area contributed by atoms with Crippen LogP contribution in [0.4, 0.5) is 16.0 Å². The number of nitrogen functional groups attached to an aromatic ring is 1. The summed E-state index contributed by atoms with van der Waals surface area (Å²) in [6.45, 7) is 1.46. The summed E-state index contributed by atoms with van der Waals surface area (Å²) < 4.78 is 13.9. The molecule has 0 bridgehead atoms. The minimum atomic E-state index is -0.297. The number of rotatable bonds is 1. The van der Waals surface area contributed by atoms with Crippen LogP contribution in [0.5, 0.6) is 0 Å². The number of hydrogen-bond donors (Lipinski definition) is 2. The topological polar surface area (TPSA) is 87.9 Å². The predicted octanol–water partition coefficient (Wildman–Crippen LogP) is 1.37.